The molecule has 0 saturated carbocycles. The number of nitrogens with one attached hydrogen (secondary N) is 1. The molecule has 2 N–H and O–H groups in total. The van der Waals surface area contributed by atoms with E-state index in [1.165, 1.54) is 0 Å². The Morgan fingerprint density at radius 1 is 1.38 bits per heavy atom. The van der Waals surface area contributed by atoms with Gasteiger partial charge in [-0.2, -0.15) is 0 Å². The zero-order chi connectivity index (χ0) is 11.5. The fourth-order valence-corrected chi connectivity index (χ4v) is 2.73. The Morgan fingerprint density at radius 3 is 2.56 bits per heavy atom. The lowest BCUT2D eigenvalue weighted by atomic mass is 9.91. The second-order valence-corrected chi connectivity index (χ2v) is 5.09. The molecule has 92 valence electrons. The summed E-state index contributed by atoms with van der Waals surface area (Å²) in [6, 6.07) is 0. The fraction of sp³-hybridized carbons (Fsp3) is 0.917. The highest BCUT2D eigenvalue weighted by Gasteiger charge is 2.30. The first-order valence-electron chi connectivity index (χ1n) is 6.36. The molecule has 0 aromatic heterocycles. The fourth-order valence-electron chi connectivity index (χ4n) is 2.73. The highest BCUT2D eigenvalue weighted by molar-refractivity contribution is 5.79. The van der Waals surface area contributed by atoms with Gasteiger partial charge in [0.15, 0.2) is 0 Å². The van der Waals surface area contributed by atoms with Gasteiger partial charge >= 0.3 is 0 Å². The van der Waals surface area contributed by atoms with Crippen LogP contribution in [0.4, 0.5) is 0 Å². The zero-order valence-electron chi connectivity index (χ0n) is 9.98. The maximum atomic E-state index is 12.1. The lowest BCUT2D eigenvalue weighted by Crippen LogP contribution is -2.43. The van der Waals surface area contributed by atoms with Gasteiger partial charge in [0.25, 0.3) is 0 Å². The normalized spacial score (nSPS) is 29.4. The molecular weight excluding hydrogens is 204 g/mol. The van der Waals surface area contributed by atoms with Crippen LogP contribution in [0.25, 0.3) is 0 Å². The van der Waals surface area contributed by atoms with Gasteiger partial charge in [-0.15, -0.1) is 0 Å². The van der Waals surface area contributed by atoms with Crippen molar-refractivity contribution in [3.05, 3.63) is 0 Å². The summed E-state index contributed by atoms with van der Waals surface area (Å²) in [6.45, 7) is 5.31. The van der Waals surface area contributed by atoms with E-state index in [0.717, 1.165) is 45.4 Å². The molecule has 2 aliphatic heterocycles. The minimum atomic E-state index is -0.231. The molecule has 0 radical (unpaired) electrons. The second-order valence-electron chi connectivity index (χ2n) is 5.09. The van der Waals surface area contributed by atoms with Gasteiger partial charge in [-0.3, -0.25) is 4.79 Å². The summed E-state index contributed by atoms with van der Waals surface area (Å²) in [4.78, 5) is 14.1. The minimum absolute atomic E-state index is 0.197. The summed E-state index contributed by atoms with van der Waals surface area (Å²) < 4.78 is 0. The van der Waals surface area contributed by atoms with Crippen molar-refractivity contribution < 1.29 is 9.90 Å². The number of carbonyl (C=O) groups is 1. The second kappa shape index (κ2) is 5.15. The highest BCUT2D eigenvalue weighted by Crippen LogP contribution is 2.22. The van der Waals surface area contributed by atoms with Crippen LogP contribution < -0.4 is 5.32 Å². The topological polar surface area (TPSA) is 52.6 Å². The van der Waals surface area contributed by atoms with Crippen molar-refractivity contribution in [2.45, 2.75) is 32.3 Å². The summed E-state index contributed by atoms with van der Waals surface area (Å²) in [7, 11) is 0. The van der Waals surface area contributed by atoms with E-state index >= 15 is 0 Å². The molecule has 2 atom stereocenters. The van der Waals surface area contributed by atoms with Crippen molar-refractivity contribution in [2.24, 2.45) is 11.8 Å². The summed E-state index contributed by atoms with van der Waals surface area (Å²) >= 11 is 0. The van der Waals surface area contributed by atoms with Crippen LogP contribution in [0.3, 0.4) is 0 Å². The van der Waals surface area contributed by atoms with Crippen LogP contribution in [-0.4, -0.2) is 48.2 Å². The average Bonchev–Trinajstić information content (AvgIpc) is 2.81. The third-order valence-electron chi connectivity index (χ3n) is 3.94. The molecule has 2 heterocycles. The summed E-state index contributed by atoms with van der Waals surface area (Å²) in [5.41, 5.74) is 0. The quantitative estimate of drug-likeness (QED) is 0.708. The molecule has 2 aliphatic rings. The third kappa shape index (κ3) is 2.55. The van der Waals surface area contributed by atoms with Crippen LogP contribution in [0.15, 0.2) is 0 Å². The van der Waals surface area contributed by atoms with E-state index in [2.05, 4.69) is 5.32 Å². The molecule has 1 amide bonds. The number of rotatable bonds is 2. The van der Waals surface area contributed by atoms with Crippen molar-refractivity contribution in [2.75, 3.05) is 26.2 Å². The average molecular weight is 226 g/mol. The maximum absolute atomic E-state index is 12.1. The minimum Gasteiger partial charge on any atom is -0.393 e. The van der Waals surface area contributed by atoms with Gasteiger partial charge in [-0.25, -0.2) is 0 Å². The van der Waals surface area contributed by atoms with Crippen LogP contribution >= 0.6 is 0 Å². The summed E-state index contributed by atoms with van der Waals surface area (Å²) in [5.74, 6) is 0.892. The van der Waals surface area contributed by atoms with E-state index in [-0.39, 0.29) is 12.0 Å². The number of piperidine rings is 1. The Morgan fingerprint density at radius 2 is 2.06 bits per heavy atom. The predicted molar refractivity (Wildman–Crippen MR) is 62.0 cm³/mol. The number of likely N-dealkylation sites (tertiary alicyclic amines) is 1. The van der Waals surface area contributed by atoms with Crippen LogP contribution in [0.5, 0.6) is 0 Å². The van der Waals surface area contributed by atoms with E-state index in [0.29, 0.717) is 11.8 Å². The standard InChI is InChI=1S/C12H22N2O2/c1-9(15)10-3-6-14(7-4-10)12(16)11-2-5-13-8-11/h9-11,13,15H,2-8H2,1H3/t9-,11+/m0/s1. The molecule has 4 heteroatoms. The number of amides is 1. The van der Waals surface area contributed by atoms with Crippen LogP contribution in [0.1, 0.15) is 26.2 Å². The van der Waals surface area contributed by atoms with Gasteiger partial charge in [-0.1, -0.05) is 0 Å². The molecule has 2 saturated heterocycles. The predicted octanol–water partition coefficient (Wildman–Crippen LogP) is 0.215. The van der Waals surface area contributed by atoms with Gasteiger partial charge in [0.05, 0.1) is 12.0 Å². The van der Waals surface area contributed by atoms with Crippen molar-refractivity contribution in [3.8, 4) is 0 Å². The first-order chi connectivity index (χ1) is 7.68. The Bertz CT molecular complexity index is 241. The maximum Gasteiger partial charge on any atom is 0.227 e. The Kier molecular flexibility index (Phi) is 3.82. The number of hydrogen-bond donors (Lipinski definition) is 2. The van der Waals surface area contributed by atoms with Crippen LogP contribution in [-0.2, 0) is 4.79 Å². The van der Waals surface area contributed by atoms with E-state index < -0.39 is 0 Å². The van der Waals surface area contributed by atoms with Gasteiger partial charge in [0.1, 0.15) is 0 Å². The molecule has 2 rings (SSSR count). The van der Waals surface area contributed by atoms with Gasteiger partial charge in [0, 0.05) is 19.6 Å². The first-order valence-corrected chi connectivity index (χ1v) is 6.36. The molecule has 0 unspecified atom stereocenters. The molecule has 0 spiro atoms. The van der Waals surface area contributed by atoms with Crippen molar-refractivity contribution in [1.29, 1.82) is 0 Å². The molecule has 0 bridgehead atoms. The van der Waals surface area contributed by atoms with E-state index in [4.69, 9.17) is 0 Å². The summed E-state index contributed by atoms with van der Waals surface area (Å²) in [6.07, 6.45) is 2.65. The van der Waals surface area contributed by atoms with Gasteiger partial charge < -0.3 is 15.3 Å². The monoisotopic (exact) mass is 226 g/mol. The zero-order valence-corrected chi connectivity index (χ0v) is 9.98. The lowest BCUT2D eigenvalue weighted by Gasteiger charge is -2.34. The van der Waals surface area contributed by atoms with Gasteiger partial charge in [0.2, 0.25) is 5.91 Å². The highest BCUT2D eigenvalue weighted by atomic mass is 16.3. The SMILES string of the molecule is C[C@H](O)C1CCN(C(=O)[C@@H]2CCNC2)CC1. The largest absolute Gasteiger partial charge is 0.393 e. The van der Waals surface area contributed by atoms with E-state index in [1.807, 2.05) is 11.8 Å². The molecule has 16 heavy (non-hydrogen) atoms. The molecule has 0 aromatic carbocycles. The van der Waals surface area contributed by atoms with Crippen LogP contribution in [0, 0.1) is 11.8 Å². The molecular formula is C12H22N2O2. The number of hydrogen-bond acceptors (Lipinski definition) is 3. The smallest absolute Gasteiger partial charge is 0.227 e. The lowest BCUT2D eigenvalue weighted by molar-refractivity contribution is -0.136. The van der Waals surface area contributed by atoms with Gasteiger partial charge in [-0.05, 0) is 38.6 Å². The Hall–Kier alpha value is -0.610. The Labute approximate surface area is 97.0 Å². The van der Waals surface area contributed by atoms with Crippen molar-refractivity contribution >= 4 is 5.91 Å². The molecule has 2 fully saturated rings. The number of aliphatic hydroxyl groups is 1. The number of carbonyl (C=O) groups excluding carboxylic acids is 1. The van der Waals surface area contributed by atoms with E-state index in [9.17, 15) is 9.90 Å². The van der Waals surface area contributed by atoms with Crippen molar-refractivity contribution in [3.63, 3.8) is 0 Å². The third-order valence-corrected chi connectivity index (χ3v) is 3.94. The molecule has 4 nitrogen and oxygen atoms in total. The summed E-state index contributed by atoms with van der Waals surface area (Å²) in [5, 5.41) is 12.7. The molecule has 0 aromatic rings. The van der Waals surface area contributed by atoms with E-state index in [1.54, 1.807) is 0 Å². The Balaban J connectivity index is 1.81. The number of nitrogens with zero attached hydrogens (tertiary/aromatic N) is 1. The molecule has 0 aliphatic carbocycles. The van der Waals surface area contributed by atoms with Crippen molar-refractivity contribution in [1.82, 2.24) is 10.2 Å². The first kappa shape index (κ1) is 11.9. The number of aliphatic hydroxyl groups excluding tert-OH is 1. The van der Waals surface area contributed by atoms with Crippen LogP contribution in [0.2, 0.25) is 0 Å².